The van der Waals surface area contributed by atoms with Crippen LogP contribution in [0.15, 0.2) is 66.9 Å². The molecule has 3 aromatic rings. The molecule has 0 radical (unpaired) electrons. The monoisotopic (exact) mass is 393 g/mol. The first kappa shape index (κ1) is 19.6. The molecule has 0 saturated carbocycles. The van der Waals surface area contributed by atoms with E-state index < -0.39 is 0 Å². The molecule has 28 heavy (non-hydrogen) atoms. The van der Waals surface area contributed by atoms with Gasteiger partial charge in [0.1, 0.15) is 5.69 Å². The predicted molar refractivity (Wildman–Crippen MR) is 112 cm³/mol. The molecule has 0 spiro atoms. The quantitative estimate of drug-likeness (QED) is 0.666. The molecule has 0 saturated heterocycles. The largest absolute Gasteiger partial charge is 0.322 e. The summed E-state index contributed by atoms with van der Waals surface area (Å²) >= 11 is 6.11. The molecule has 1 aromatic heterocycles. The molecule has 3 rings (SSSR count). The highest BCUT2D eigenvalue weighted by atomic mass is 35.5. The number of para-hydroxylation sites is 1. The van der Waals surface area contributed by atoms with Gasteiger partial charge in [-0.25, -0.2) is 0 Å². The van der Waals surface area contributed by atoms with Crippen molar-refractivity contribution in [2.24, 2.45) is 0 Å². The van der Waals surface area contributed by atoms with Gasteiger partial charge in [-0.2, -0.15) is 0 Å². The van der Waals surface area contributed by atoms with Gasteiger partial charge in [-0.05, 0) is 55.8 Å². The lowest BCUT2D eigenvalue weighted by Gasteiger charge is -2.20. The van der Waals surface area contributed by atoms with E-state index in [9.17, 15) is 9.59 Å². The summed E-state index contributed by atoms with van der Waals surface area (Å²) in [7, 11) is 0. The Morgan fingerprint density at radius 3 is 2.50 bits per heavy atom. The molecule has 0 fully saturated rings. The first-order valence-electron chi connectivity index (χ1n) is 8.90. The second kappa shape index (κ2) is 8.67. The fourth-order valence-electron chi connectivity index (χ4n) is 2.75. The highest BCUT2D eigenvalue weighted by Crippen LogP contribution is 2.21. The molecule has 142 valence electrons. The molecular weight excluding hydrogens is 374 g/mol. The van der Waals surface area contributed by atoms with Gasteiger partial charge in [-0.15, -0.1) is 0 Å². The van der Waals surface area contributed by atoms with Gasteiger partial charge < -0.3 is 10.2 Å². The summed E-state index contributed by atoms with van der Waals surface area (Å²) < 4.78 is 0. The van der Waals surface area contributed by atoms with Gasteiger partial charge >= 0.3 is 0 Å². The molecule has 5 nitrogen and oxygen atoms in total. The second-order valence-corrected chi connectivity index (χ2v) is 6.64. The van der Waals surface area contributed by atoms with E-state index in [4.69, 9.17) is 11.6 Å². The van der Waals surface area contributed by atoms with Gasteiger partial charge in [0.2, 0.25) is 0 Å². The summed E-state index contributed by atoms with van der Waals surface area (Å²) in [5, 5.41) is 3.37. The number of nitrogens with one attached hydrogen (secondary N) is 1. The van der Waals surface area contributed by atoms with Crippen molar-refractivity contribution in [3.8, 4) is 0 Å². The van der Waals surface area contributed by atoms with E-state index in [1.54, 1.807) is 23.1 Å². The number of rotatable bonds is 5. The van der Waals surface area contributed by atoms with Gasteiger partial charge in [-0.3, -0.25) is 14.6 Å². The van der Waals surface area contributed by atoms with Crippen molar-refractivity contribution in [2.75, 3.05) is 16.8 Å². The first-order chi connectivity index (χ1) is 13.5. The van der Waals surface area contributed by atoms with Crippen LogP contribution >= 0.6 is 11.6 Å². The summed E-state index contributed by atoms with van der Waals surface area (Å²) in [6.45, 7) is 4.27. The lowest BCUT2D eigenvalue weighted by molar-refractivity contribution is 0.0983. The SMILES string of the molecule is CCN(C(=O)c1cc(C(=O)Nc2ccc(C)c(Cl)c2)ccn1)c1ccccc1. The molecular formula is C22H20ClN3O2. The summed E-state index contributed by atoms with van der Waals surface area (Å²) in [5.74, 6) is -0.596. The molecule has 0 atom stereocenters. The van der Waals surface area contributed by atoms with Gasteiger partial charge in [0.15, 0.2) is 0 Å². The Bertz CT molecular complexity index is 1010. The Labute approximate surface area is 169 Å². The molecule has 0 aliphatic rings. The van der Waals surface area contributed by atoms with Crippen molar-refractivity contribution in [1.82, 2.24) is 4.98 Å². The number of halogens is 1. The lowest BCUT2D eigenvalue weighted by Crippen LogP contribution is -2.31. The number of pyridine rings is 1. The molecule has 1 heterocycles. The van der Waals surface area contributed by atoms with E-state index in [2.05, 4.69) is 10.3 Å². The van der Waals surface area contributed by atoms with E-state index in [0.29, 0.717) is 22.8 Å². The standard InChI is InChI=1S/C22H20ClN3O2/c1-3-26(18-7-5-4-6-8-18)22(28)20-13-16(11-12-24-20)21(27)25-17-10-9-15(2)19(23)14-17/h4-14H,3H2,1-2H3,(H,25,27). The maximum atomic E-state index is 12.9. The fraction of sp³-hybridized carbons (Fsp3) is 0.136. The number of nitrogens with zero attached hydrogens (tertiary/aromatic N) is 2. The van der Waals surface area contributed by atoms with E-state index in [1.807, 2.05) is 50.2 Å². The zero-order chi connectivity index (χ0) is 20.1. The van der Waals surface area contributed by atoms with Gasteiger partial charge in [0.25, 0.3) is 11.8 Å². The Morgan fingerprint density at radius 2 is 1.82 bits per heavy atom. The zero-order valence-electron chi connectivity index (χ0n) is 15.6. The number of hydrogen-bond acceptors (Lipinski definition) is 3. The Balaban J connectivity index is 1.81. The number of aryl methyl sites for hydroxylation is 1. The number of carbonyl (C=O) groups is 2. The number of hydrogen-bond donors (Lipinski definition) is 1. The van der Waals surface area contributed by atoms with Gasteiger partial charge in [0.05, 0.1) is 0 Å². The molecule has 6 heteroatoms. The summed E-state index contributed by atoms with van der Waals surface area (Å²) in [6, 6.07) is 17.7. The molecule has 2 aromatic carbocycles. The normalized spacial score (nSPS) is 10.4. The third-order valence-electron chi connectivity index (χ3n) is 4.30. The second-order valence-electron chi connectivity index (χ2n) is 6.23. The van der Waals surface area contributed by atoms with E-state index >= 15 is 0 Å². The van der Waals surface area contributed by atoms with Crippen LogP contribution in [0.4, 0.5) is 11.4 Å². The van der Waals surface area contributed by atoms with E-state index in [-0.39, 0.29) is 17.5 Å². The van der Waals surface area contributed by atoms with Crippen LogP contribution in [0, 0.1) is 6.92 Å². The average Bonchev–Trinajstić information content (AvgIpc) is 2.72. The zero-order valence-corrected chi connectivity index (χ0v) is 16.4. The number of anilines is 2. The predicted octanol–water partition coefficient (Wildman–Crippen LogP) is 4.96. The Morgan fingerprint density at radius 1 is 1.07 bits per heavy atom. The molecule has 2 amide bonds. The smallest absolute Gasteiger partial charge is 0.276 e. The van der Waals surface area contributed by atoms with Crippen LogP contribution in [0.1, 0.15) is 33.3 Å². The van der Waals surface area contributed by atoms with Crippen molar-refractivity contribution in [3.63, 3.8) is 0 Å². The van der Waals surface area contributed by atoms with Crippen molar-refractivity contribution in [1.29, 1.82) is 0 Å². The minimum Gasteiger partial charge on any atom is -0.322 e. The van der Waals surface area contributed by atoms with Crippen LogP contribution in [-0.4, -0.2) is 23.3 Å². The maximum absolute atomic E-state index is 12.9. The molecule has 0 unspecified atom stereocenters. The van der Waals surface area contributed by atoms with Crippen LogP contribution in [0.3, 0.4) is 0 Å². The number of carbonyl (C=O) groups excluding carboxylic acids is 2. The highest BCUT2D eigenvalue weighted by Gasteiger charge is 2.19. The maximum Gasteiger partial charge on any atom is 0.276 e. The van der Waals surface area contributed by atoms with Crippen LogP contribution in [0.5, 0.6) is 0 Å². The third-order valence-corrected chi connectivity index (χ3v) is 4.71. The lowest BCUT2D eigenvalue weighted by atomic mass is 10.1. The highest BCUT2D eigenvalue weighted by molar-refractivity contribution is 6.31. The van der Waals surface area contributed by atoms with Gasteiger partial charge in [0, 0.05) is 34.7 Å². The van der Waals surface area contributed by atoms with Crippen LogP contribution in [-0.2, 0) is 0 Å². The molecule has 0 aliphatic carbocycles. The Kier molecular flexibility index (Phi) is 6.06. The van der Waals surface area contributed by atoms with Crippen molar-refractivity contribution < 1.29 is 9.59 Å². The average molecular weight is 394 g/mol. The summed E-state index contributed by atoms with van der Waals surface area (Å²) in [6.07, 6.45) is 1.46. The summed E-state index contributed by atoms with van der Waals surface area (Å²) in [4.78, 5) is 31.3. The number of aromatic nitrogens is 1. The number of benzene rings is 2. The van der Waals surface area contributed by atoms with Gasteiger partial charge in [-0.1, -0.05) is 35.9 Å². The third kappa shape index (κ3) is 4.38. The van der Waals surface area contributed by atoms with Crippen molar-refractivity contribution in [3.05, 3.63) is 88.7 Å². The Hall–Kier alpha value is -3.18. The van der Waals surface area contributed by atoms with Crippen LogP contribution in [0.2, 0.25) is 5.02 Å². The molecule has 1 N–H and O–H groups in total. The number of amides is 2. The van der Waals surface area contributed by atoms with E-state index in [0.717, 1.165) is 11.3 Å². The van der Waals surface area contributed by atoms with E-state index in [1.165, 1.54) is 12.3 Å². The molecule has 0 bridgehead atoms. The first-order valence-corrected chi connectivity index (χ1v) is 9.28. The van der Waals surface area contributed by atoms with Crippen LogP contribution in [0.25, 0.3) is 0 Å². The summed E-state index contributed by atoms with van der Waals surface area (Å²) in [5.41, 5.74) is 2.85. The minimum atomic E-state index is -0.334. The molecule has 0 aliphatic heterocycles. The minimum absolute atomic E-state index is 0.209. The topological polar surface area (TPSA) is 62.3 Å². The fourth-order valence-corrected chi connectivity index (χ4v) is 2.93. The van der Waals surface area contributed by atoms with Crippen molar-refractivity contribution >= 4 is 34.8 Å². The van der Waals surface area contributed by atoms with Crippen molar-refractivity contribution in [2.45, 2.75) is 13.8 Å². The van der Waals surface area contributed by atoms with Crippen LogP contribution < -0.4 is 10.2 Å².